The van der Waals surface area contributed by atoms with Gasteiger partial charge in [-0.3, -0.25) is 8.98 Å². The molecule has 0 aromatic heterocycles. The highest BCUT2D eigenvalue weighted by atomic mass is 32.2. The van der Waals surface area contributed by atoms with Crippen molar-refractivity contribution in [3.63, 3.8) is 0 Å². The van der Waals surface area contributed by atoms with Crippen LogP contribution in [0.15, 0.2) is 42.0 Å². The van der Waals surface area contributed by atoms with Crippen molar-refractivity contribution >= 4 is 22.6 Å². The van der Waals surface area contributed by atoms with Crippen molar-refractivity contribution in [2.24, 2.45) is 0 Å². The predicted molar refractivity (Wildman–Crippen MR) is 89.3 cm³/mol. The van der Waals surface area contributed by atoms with Gasteiger partial charge in [0.2, 0.25) is 0 Å². The Balaban J connectivity index is 1.60. The first kappa shape index (κ1) is 14.1. The highest BCUT2D eigenvalue weighted by molar-refractivity contribution is 7.79. The summed E-state index contributed by atoms with van der Waals surface area (Å²) >= 11 is -1.26. The Labute approximate surface area is 141 Å². The molecular formula is C19H14O4S. The third kappa shape index (κ3) is 2.01. The van der Waals surface area contributed by atoms with Crippen LogP contribution in [0.2, 0.25) is 0 Å². The number of allylic oxidation sites excluding steroid dienone is 1. The van der Waals surface area contributed by atoms with Gasteiger partial charge in [0.15, 0.2) is 16.9 Å². The van der Waals surface area contributed by atoms with E-state index in [0.717, 1.165) is 39.0 Å². The summed E-state index contributed by atoms with van der Waals surface area (Å²) in [6.07, 6.45) is 0.555. The molecule has 120 valence electrons. The van der Waals surface area contributed by atoms with Crippen LogP contribution in [-0.4, -0.2) is 9.99 Å². The lowest BCUT2D eigenvalue weighted by atomic mass is 9.94. The van der Waals surface area contributed by atoms with Crippen LogP contribution in [0.25, 0.3) is 5.76 Å². The summed E-state index contributed by atoms with van der Waals surface area (Å²) in [5, 5.41) is 0. The van der Waals surface area contributed by atoms with Gasteiger partial charge in [0.25, 0.3) is 0 Å². The fourth-order valence-electron chi connectivity index (χ4n) is 3.63. The lowest BCUT2D eigenvalue weighted by Crippen LogP contribution is -2.13. The number of carbonyl (C=O) groups is 1. The van der Waals surface area contributed by atoms with E-state index in [1.54, 1.807) is 0 Å². The Morgan fingerprint density at radius 2 is 1.67 bits per heavy atom. The van der Waals surface area contributed by atoms with Crippen LogP contribution < -0.4 is 0 Å². The van der Waals surface area contributed by atoms with E-state index in [2.05, 4.69) is 12.1 Å². The molecule has 1 unspecified atom stereocenters. The van der Waals surface area contributed by atoms with Crippen molar-refractivity contribution in [2.45, 2.75) is 25.4 Å². The Bertz CT molecular complexity index is 958. The van der Waals surface area contributed by atoms with Crippen LogP contribution >= 0.6 is 0 Å². The van der Waals surface area contributed by atoms with Gasteiger partial charge in [-0.1, -0.05) is 30.3 Å². The first-order valence-electron chi connectivity index (χ1n) is 7.86. The first-order valence-corrected chi connectivity index (χ1v) is 9.10. The Morgan fingerprint density at radius 1 is 0.917 bits per heavy atom. The van der Waals surface area contributed by atoms with E-state index < -0.39 is 11.1 Å². The summed E-state index contributed by atoms with van der Waals surface area (Å²) in [5.41, 5.74) is 6.60. The molecule has 0 spiro atoms. The highest BCUT2D eigenvalue weighted by Crippen LogP contribution is 2.39. The number of carbonyl (C=O) groups excluding carboxylic acids is 1. The van der Waals surface area contributed by atoms with Crippen LogP contribution in [-0.2, 0) is 45.4 Å². The smallest absolute Gasteiger partial charge is 0.193 e. The minimum absolute atomic E-state index is 0.0538. The topological polar surface area (TPSA) is 52.6 Å². The monoisotopic (exact) mass is 338 g/mol. The van der Waals surface area contributed by atoms with Gasteiger partial charge in [-0.15, -0.1) is 0 Å². The third-order valence-corrected chi connectivity index (χ3v) is 5.77. The number of ether oxygens (including phenoxy) is 1. The largest absolute Gasteiger partial charge is 0.488 e. The fraction of sp³-hybridized carbons (Fsp3) is 0.211. The standard InChI is InChI=1S/C19H14O4S/c20-18-15-3-1-2-4-16(15)19-17(18)7-11-5-14-10-24(21)23-9-13(14)6-12(11)8-22-19/h1-6H,7-10H2. The zero-order valence-corrected chi connectivity index (χ0v) is 13.7. The number of hydrogen-bond acceptors (Lipinski definition) is 4. The molecule has 2 aliphatic heterocycles. The Morgan fingerprint density at radius 3 is 2.54 bits per heavy atom. The summed E-state index contributed by atoms with van der Waals surface area (Å²) in [6.45, 7) is 0.802. The van der Waals surface area contributed by atoms with Crippen LogP contribution in [0.3, 0.4) is 0 Å². The van der Waals surface area contributed by atoms with Gasteiger partial charge in [0.05, 0.1) is 12.4 Å². The van der Waals surface area contributed by atoms with Crippen molar-refractivity contribution in [3.8, 4) is 0 Å². The van der Waals surface area contributed by atoms with E-state index in [1.165, 1.54) is 0 Å². The van der Waals surface area contributed by atoms with Crippen LogP contribution in [0.1, 0.15) is 38.2 Å². The number of rotatable bonds is 0. The highest BCUT2D eigenvalue weighted by Gasteiger charge is 2.33. The Hall–Kier alpha value is -2.24. The SMILES string of the molecule is O=C1C2=C(OCc3cc4c(cc3C2)CS(=O)OC4)c2ccccc21. The van der Waals surface area contributed by atoms with Gasteiger partial charge in [0.1, 0.15) is 12.4 Å². The van der Waals surface area contributed by atoms with Crippen molar-refractivity contribution in [3.05, 3.63) is 75.4 Å². The second-order valence-corrected chi connectivity index (χ2v) is 7.38. The minimum atomic E-state index is -1.26. The van der Waals surface area contributed by atoms with E-state index in [4.69, 9.17) is 8.92 Å². The maximum atomic E-state index is 12.7. The van der Waals surface area contributed by atoms with E-state index >= 15 is 0 Å². The molecule has 1 aliphatic carbocycles. The number of ketones is 1. The average molecular weight is 338 g/mol. The molecule has 3 aliphatic rings. The van der Waals surface area contributed by atoms with Crippen molar-refractivity contribution < 1.29 is 17.9 Å². The summed E-state index contributed by atoms with van der Waals surface area (Å²) in [4.78, 5) is 12.7. The summed E-state index contributed by atoms with van der Waals surface area (Å²) < 4.78 is 22.9. The van der Waals surface area contributed by atoms with Crippen molar-refractivity contribution in [2.75, 3.05) is 0 Å². The predicted octanol–water partition coefficient (Wildman–Crippen LogP) is 3.06. The molecule has 0 bridgehead atoms. The first-order chi connectivity index (χ1) is 11.7. The van der Waals surface area contributed by atoms with Crippen LogP contribution in [0.5, 0.6) is 0 Å². The molecule has 4 nitrogen and oxygen atoms in total. The summed E-state index contributed by atoms with van der Waals surface area (Å²) in [6, 6.07) is 11.7. The van der Waals surface area contributed by atoms with Gasteiger partial charge in [-0.2, -0.15) is 0 Å². The molecule has 2 aromatic carbocycles. The molecule has 1 atom stereocenters. The average Bonchev–Trinajstić information content (AvgIpc) is 2.75. The minimum Gasteiger partial charge on any atom is -0.488 e. The second kappa shape index (κ2) is 5.13. The zero-order chi connectivity index (χ0) is 16.3. The van der Waals surface area contributed by atoms with E-state index in [9.17, 15) is 9.00 Å². The molecule has 2 aromatic rings. The third-order valence-electron chi connectivity index (χ3n) is 4.84. The maximum Gasteiger partial charge on any atom is 0.193 e. The van der Waals surface area contributed by atoms with E-state index in [-0.39, 0.29) is 5.78 Å². The lowest BCUT2D eigenvalue weighted by Gasteiger charge is -2.19. The molecule has 2 heterocycles. The van der Waals surface area contributed by atoms with Gasteiger partial charge < -0.3 is 4.74 Å². The molecule has 0 saturated heterocycles. The normalized spacial score (nSPS) is 21.3. The van der Waals surface area contributed by atoms with Gasteiger partial charge in [-0.05, 0) is 28.3 Å². The summed E-state index contributed by atoms with van der Waals surface area (Å²) in [7, 11) is 0. The van der Waals surface area contributed by atoms with Crippen LogP contribution in [0.4, 0.5) is 0 Å². The number of fused-ring (bicyclic) bond motifs is 4. The van der Waals surface area contributed by atoms with Gasteiger partial charge in [-0.25, -0.2) is 4.21 Å². The van der Waals surface area contributed by atoms with Crippen LogP contribution in [0, 0.1) is 0 Å². The number of benzene rings is 2. The van der Waals surface area contributed by atoms with E-state index in [1.807, 2.05) is 24.3 Å². The molecule has 24 heavy (non-hydrogen) atoms. The quantitative estimate of drug-likeness (QED) is 0.741. The van der Waals surface area contributed by atoms with Gasteiger partial charge in [0, 0.05) is 23.1 Å². The Kier molecular flexibility index (Phi) is 3.02. The van der Waals surface area contributed by atoms with Gasteiger partial charge >= 0.3 is 0 Å². The fourth-order valence-corrected chi connectivity index (χ4v) is 4.49. The second-order valence-electron chi connectivity index (χ2n) is 6.25. The van der Waals surface area contributed by atoms with Crippen molar-refractivity contribution in [1.29, 1.82) is 0 Å². The number of Topliss-reactive ketones (excluding diaryl/α,β-unsaturated/α-hetero) is 1. The molecule has 5 rings (SSSR count). The molecule has 0 saturated carbocycles. The molecule has 0 fully saturated rings. The maximum absolute atomic E-state index is 12.7. The van der Waals surface area contributed by atoms with E-state index in [0.29, 0.717) is 31.1 Å². The molecule has 0 radical (unpaired) electrons. The molecule has 0 amide bonds. The molecule has 0 N–H and O–H groups in total. The molecule has 5 heteroatoms. The zero-order valence-electron chi connectivity index (χ0n) is 12.8. The molecular weight excluding hydrogens is 324 g/mol. The van der Waals surface area contributed by atoms with Crippen molar-refractivity contribution in [1.82, 2.24) is 0 Å². The lowest BCUT2D eigenvalue weighted by molar-refractivity contribution is 0.103. The number of hydrogen-bond donors (Lipinski definition) is 0. The summed E-state index contributed by atoms with van der Waals surface area (Å²) in [5.74, 6) is 1.17.